The van der Waals surface area contributed by atoms with Crippen LogP contribution in [-0.2, 0) is 14.9 Å². The Morgan fingerprint density at radius 3 is 2.94 bits per heavy atom. The van der Waals surface area contributed by atoms with Gasteiger partial charge >= 0.3 is 0 Å². The molecule has 3 atom stereocenters. The van der Waals surface area contributed by atoms with E-state index < -0.39 is 5.41 Å². The molecule has 3 unspecified atom stereocenters. The molecule has 1 fully saturated rings. The Morgan fingerprint density at radius 2 is 2.41 bits per heavy atom. The van der Waals surface area contributed by atoms with Gasteiger partial charge in [-0.25, -0.2) is 0 Å². The zero-order valence-electron chi connectivity index (χ0n) is 10.5. The van der Waals surface area contributed by atoms with Gasteiger partial charge in [0.05, 0.1) is 18.6 Å². The number of hydrogen-bond donors (Lipinski definition) is 1. The lowest BCUT2D eigenvalue weighted by atomic mass is 9.86. The average molecular weight is 241 g/mol. The summed E-state index contributed by atoms with van der Waals surface area (Å²) in [6, 6.07) is -0.113. The molecule has 96 valence electrons. The molecule has 2 rings (SSSR count). The van der Waals surface area contributed by atoms with Crippen LogP contribution >= 0.6 is 0 Å². The summed E-state index contributed by atoms with van der Waals surface area (Å²) in [4.78, 5) is 4.39. The molecule has 0 bridgehead atoms. The first-order valence-electron chi connectivity index (χ1n) is 5.82. The summed E-state index contributed by atoms with van der Waals surface area (Å²) in [6.07, 6.45) is 0.670. The van der Waals surface area contributed by atoms with E-state index in [4.69, 9.17) is 19.7 Å². The molecular weight excluding hydrogens is 222 g/mol. The quantitative estimate of drug-likeness (QED) is 0.838. The molecular formula is C11H19N3O3. The molecule has 0 saturated carbocycles. The molecule has 0 aromatic carbocycles. The number of ether oxygens (including phenoxy) is 2. The van der Waals surface area contributed by atoms with Gasteiger partial charge in [0.1, 0.15) is 6.10 Å². The van der Waals surface area contributed by atoms with Crippen molar-refractivity contribution in [1.82, 2.24) is 10.1 Å². The number of nitrogens with zero attached hydrogens (tertiary/aromatic N) is 2. The maximum absolute atomic E-state index is 6.01. The third-order valence-electron chi connectivity index (χ3n) is 3.39. The molecule has 6 nitrogen and oxygen atoms in total. The molecule has 2 N–H and O–H groups in total. The van der Waals surface area contributed by atoms with Gasteiger partial charge in [-0.2, -0.15) is 4.98 Å². The van der Waals surface area contributed by atoms with Gasteiger partial charge < -0.3 is 19.7 Å². The lowest BCUT2D eigenvalue weighted by Crippen LogP contribution is -2.42. The first kappa shape index (κ1) is 12.5. The third-order valence-corrected chi connectivity index (χ3v) is 3.39. The van der Waals surface area contributed by atoms with Gasteiger partial charge in [0, 0.05) is 13.2 Å². The van der Waals surface area contributed by atoms with Gasteiger partial charge in [-0.05, 0) is 13.3 Å². The van der Waals surface area contributed by atoms with Gasteiger partial charge in [-0.3, -0.25) is 0 Å². The zero-order valence-corrected chi connectivity index (χ0v) is 10.5. The van der Waals surface area contributed by atoms with E-state index in [9.17, 15) is 0 Å². The summed E-state index contributed by atoms with van der Waals surface area (Å²) in [7, 11) is 1.64. The van der Waals surface area contributed by atoms with Crippen LogP contribution in [0.25, 0.3) is 0 Å². The van der Waals surface area contributed by atoms with Crippen LogP contribution in [0.2, 0.25) is 0 Å². The fourth-order valence-electron chi connectivity index (χ4n) is 1.96. The molecule has 6 heteroatoms. The van der Waals surface area contributed by atoms with Gasteiger partial charge in [0.15, 0.2) is 0 Å². The monoisotopic (exact) mass is 241 g/mol. The fraction of sp³-hybridized carbons (Fsp3) is 0.818. The van der Waals surface area contributed by atoms with Crippen molar-refractivity contribution in [3.8, 4) is 0 Å². The van der Waals surface area contributed by atoms with E-state index in [0.717, 1.165) is 6.42 Å². The minimum atomic E-state index is -0.392. The van der Waals surface area contributed by atoms with E-state index in [2.05, 4.69) is 10.1 Å². The second-order valence-electron chi connectivity index (χ2n) is 4.63. The normalized spacial score (nSPS) is 30.7. The first-order valence-corrected chi connectivity index (χ1v) is 5.82. The Bertz CT molecular complexity index is 378. The SMILES string of the molecule is CCC(OC)c1noc(C2(C)COCC2N)n1. The predicted octanol–water partition coefficient (Wildman–Crippen LogP) is 0.782. The highest BCUT2D eigenvalue weighted by Gasteiger charge is 2.44. The van der Waals surface area contributed by atoms with Crippen LogP contribution in [0.4, 0.5) is 0 Å². The molecule has 0 radical (unpaired) electrons. The molecule has 1 aromatic rings. The predicted molar refractivity (Wildman–Crippen MR) is 60.5 cm³/mol. The van der Waals surface area contributed by atoms with E-state index in [0.29, 0.717) is 24.9 Å². The van der Waals surface area contributed by atoms with Crippen LogP contribution in [0.3, 0.4) is 0 Å². The molecule has 1 aliphatic heterocycles. The van der Waals surface area contributed by atoms with Crippen LogP contribution < -0.4 is 5.73 Å². The van der Waals surface area contributed by atoms with E-state index >= 15 is 0 Å². The Kier molecular flexibility index (Phi) is 3.46. The summed E-state index contributed by atoms with van der Waals surface area (Å²) in [5.41, 5.74) is 5.62. The molecule has 1 aliphatic rings. The Balaban J connectivity index is 2.23. The van der Waals surface area contributed by atoms with Crippen LogP contribution in [0, 0.1) is 0 Å². The Labute approximate surface area is 100 Å². The fourth-order valence-corrected chi connectivity index (χ4v) is 1.96. The number of methoxy groups -OCH3 is 1. The Hall–Kier alpha value is -0.980. The smallest absolute Gasteiger partial charge is 0.236 e. The highest BCUT2D eigenvalue weighted by molar-refractivity contribution is 5.12. The van der Waals surface area contributed by atoms with E-state index in [-0.39, 0.29) is 12.1 Å². The van der Waals surface area contributed by atoms with Crippen molar-refractivity contribution in [2.45, 2.75) is 37.8 Å². The highest BCUT2D eigenvalue weighted by atomic mass is 16.5. The van der Waals surface area contributed by atoms with Crippen LogP contribution in [0.5, 0.6) is 0 Å². The van der Waals surface area contributed by atoms with Crippen LogP contribution in [0.15, 0.2) is 4.52 Å². The molecule has 1 saturated heterocycles. The maximum Gasteiger partial charge on any atom is 0.236 e. The van der Waals surface area contributed by atoms with Gasteiger partial charge in [0.25, 0.3) is 0 Å². The lowest BCUT2D eigenvalue weighted by Gasteiger charge is -2.21. The largest absolute Gasteiger partial charge is 0.379 e. The Morgan fingerprint density at radius 1 is 1.65 bits per heavy atom. The minimum Gasteiger partial charge on any atom is -0.379 e. The van der Waals surface area contributed by atoms with Crippen molar-refractivity contribution in [3.05, 3.63) is 11.7 Å². The molecule has 17 heavy (non-hydrogen) atoms. The molecule has 0 aliphatic carbocycles. The summed E-state index contributed by atoms with van der Waals surface area (Å²) in [5, 5.41) is 3.96. The second-order valence-corrected chi connectivity index (χ2v) is 4.63. The van der Waals surface area contributed by atoms with Crippen molar-refractivity contribution in [3.63, 3.8) is 0 Å². The maximum atomic E-state index is 6.01. The summed E-state index contributed by atoms with van der Waals surface area (Å²) in [5.74, 6) is 1.11. The third kappa shape index (κ3) is 2.08. The van der Waals surface area contributed by atoms with Gasteiger partial charge in [0.2, 0.25) is 11.7 Å². The lowest BCUT2D eigenvalue weighted by molar-refractivity contribution is 0.0903. The molecule has 1 aromatic heterocycles. The number of rotatable bonds is 4. The number of nitrogens with two attached hydrogens (primary N) is 1. The first-order chi connectivity index (χ1) is 8.11. The van der Waals surface area contributed by atoms with Crippen LogP contribution in [0.1, 0.15) is 38.1 Å². The van der Waals surface area contributed by atoms with Crippen molar-refractivity contribution < 1.29 is 14.0 Å². The second kappa shape index (κ2) is 4.72. The molecule has 0 amide bonds. The zero-order chi connectivity index (χ0) is 12.5. The van der Waals surface area contributed by atoms with Crippen molar-refractivity contribution >= 4 is 0 Å². The van der Waals surface area contributed by atoms with E-state index in [1.165, 1.54) is 0 Å². The molecule has 2 heterocycles. The summed E-state index contributed by atoms with van der Waals surface area (Å²) >= 11 is 0. The van der Waals surface area contributed by atoms with Crippen LogP contribution in [-0.4, -0.2) is 36.5 Å². The highest BCUT2D eigenvalue weighted by Crippen LogP contribution is 2.31. The average Bonchev–Trinajstić information content (AvgIpc) is 2.91. The number of hydrogen-bond acceptors (Lipinski definition) is 6. The standard InChI is InChI=1S/C11H19N3O3/c1-4-7(15-3)9-13-10(17-14-9)11(2)6-16-5-8(11)12/h7-8H,4-6,12H2,1-3H3. The van der Waals surface area contributed by atoms with Gasteiger partial charge in [-0.1, -0.05) is 12.1 Å². The van der Waals surface area contributed by atoms with Crippen molar-refractivity contribution in [1.29, 1.82) is 0 Å². The number of aromatic nitrogens is 2. The van der Waals surface area contributed by atoms with Crippen molar-refractivity contribution in [2.75, 3.05) is 20.3 Å². The minimum absolute atomic E-state index is 0.113. The summed E-state index contributed by atoms with van der Waals surface area (Å²) < 4.78 is 15.9. The topological polar surface area (TPSA) is 83.4 Å². The molecule has 0 spiro atoms. The van der Waals surface area contributed by atoms with Crippen molar-refractivity contribution in [2.24, 2.45) is 5.73 Å². The summed E-state index contributed by atoms with van der Waals surface area (Å²) in [6.45, 7) is 5.03. The van der Waals surface area contributed by atoms with Gasteiger partial charge in [-0.15, -0.1) is 0 Å². The van der Waals surface area contributed by atoms with E-state index in [1.807, 2.05) is 13.8 Å². The van der Waals surface area contributed by atoms with E-state index in [1.54, 1.807) is 7.11 Å².